The number of hydrogen-bond donors (Lipinski definition) is 2. The minimum Gasteiger partial charge on any atom is -0.497 e. The maximum atomic E-state index is 7.64. The highest BCUT2D eigenvalue weighted by Gasteiger charge is 2.33. The van der Waals surface area contributed by atoms with Gasteiger partial charge in [-0.05, 0) is 44.4 Å². The van der Waals surface area contributed by atoms with E-state index < -0.39 is 0 Å². The number of hydrogen-bond acceptors (Lipinski definition) is 7. The van der Waals surface area contributed by atoms with Crippen molar-refractivity contribution in [3.8, 4) is 12.3 Å². The van der Waals surface area contributed by atoms with Gasteiger partial charge in [-0.1, -0.05) is 11.6 Å². The first-order valence-corrected chi connectivity index (χ1v) is 11.4. The second-order valence-electron chi connectivity index (χ2n) is 8.66. The van der Waals surface area contributed by atoms with Crippen LogP contribution in [0.2, 0.25) is 0 Å². The van der Waals surface area contributed by atoms with Crippen LogP contribution >= 0.6 is 11.6 Å². The molecule has 0 aromatic heterocycles. The highest BCUT2D eigenvalue weighted by Crippen LogP contribution is 2.32. The number of ether oxygens (including phenoxy) is 2. The number of allylic oxidation sites excluding steroid dienone is 2. The van der Waals surface area contributed by atoms with Gasteiger partial charge in [-0.25, -0.2) is 9.98 Å². The fourth-order valence-corrected chi connectivity index (χ4v) is 4.15. The zero-order chi connectivity index (χ0) is 24.9. The van der Waals surface area contributed by atoms with Crippen LogP contribution in [0.25, 0.3) is 0 Å². The van der Waals surface area contributed by atoms with Crippen LogP contribution in [-0.2, 0) is 9.47 Å². The second-order valence-corrected chi connectivity index (χ2v) is 9.05. The molecule has 1 fully saturated rings. The van der Waals surface area contributed by atoms with Gasteiger partial charge in [-0.2, -0.15) is 0 Å². The van der Waals surface area contributed by atoms with Gasteiger partial charge in [0.25, 0.3) is 0 Å². The van der Waals surface area contributed by atoms with Gasteiger partial charge in [-0.3, -0.25) is 10.4 Å². The third-order valence-electron chi connectivity index (χ3n) is 6.17. The molecule has 9 heteroatoms. The van der Waals surface area contributed by atoms with E-state index in [4.69, 9.17) is 48.6 Å². The molecule has 0 aliphatic carbocycles. The average Bonchev–Trinajstić information content (AvgIpc) is 3.00. The number of piperidine rings is 1. The van der Waals surface area contributed by atoms with Gasteiger partial charge in [-0.15, -0.1) is 12.3 Å². The molecule has 3 aliphatic heterocycles. The molecule has 8 nitrogen and oxygen atoms in total. The lowest BCUT2D eigenvalue weighted by Crippen LogP contribution is -2.45. The Morgan fingerprint density at radius 3 is 2.68 bits per heavy atom. The fourth-order valence-electron chi connectivity index (χ4n) is 3.98. The maximum Gasteiger partial charge on any atom is 0.163 e. The van der Waals surface area contributed by atoms with E-state index in [1.807, 2.05) is 19.1 Å². The van der Waals surface area contributed by atoms with Gasteiger partial charge in [0.15, 0.2) is 11.6 Å². The Balaban J connectivity index is 1.96. The summed E-state index contributed by atoms with van der Waals surface area (Å²) in [6.07, 6.45) is 15.0. The highest BCUT2D eigenvalue weighted by atomic mass is 35.5. The Bertz CT molecular complexity index is 1090. The summed E-state index contributed by atoms with van der Waals surface area (Å²) in [5.74, 6) is 5.03. The predicted octanol–water partition coefficient (Wildman–Crippen LogP) is 3.77. The van der Waals surface area contributed by atoms with Crippen molar-refractivity contribution in [2.24, 2.45) is 26.1 Å². The Morgan fingerprint density at radius 1 is 1.38 bits per heavy atom. The van der Waals surface area contributed by atoms with Crippen molar-refractivity contribution in [3.05, 3.63) is 47.1 Å². The average molecular weight is 483 g/mol. The summed E-state index contributed by atoms with van der Waals surface area (Å²) >= 11 is 6.29. The summed E-state index contributed by atoms with van der Waals surface area (Å²) in [7, 11) is 3.02. The molecule has 3 rings (SSSR count). The fraction of sp³-hybridized carbons (Fsp3) is 0.440. The van der Waals surface area contributed by atoms with Crippen molar-refractivity contribution >= 4 is 34.3 Å². The van der Waals surface area contributed by atoms with Crippen molar-refractivity contribution in [2.45, 2.75) is 39.2 Å². The van der Waals surface area contributed by atoms with E-state index in [0.29, 0.717) is 23.2 Å². The summed E-state index contributed by atoms with van der Waals surface area (Å²) in [6.45, 7) is 5.65. The molecule has 34 heavy (non-hydrogen) atoms. The number of nitrogens with zero attached hydrogens (tertiary/aromatic N) is 4. The molecule has 1 unspecified atom stereocenters. The van der Waals surface area contributed by atoms with Gasteiger partial charge >= 0.3 is 0 Å². The molecule has 3 heterocycles. The number of amidine groups is 3. The van der Waals surface area contributed by atoms with Crippen LogP contribution in [0.15, 0.2) is 62.1 Å². The molecule has 180 valence electrons. The van der Waals surface area contributed by atoms with Crippen molar-refractivity contribution in [1.82, 2.24) is 4.90 Å². The summed E-state index contributed by atoms with van der Waals surface area (Å²) in [4.78, 5) is 16.3. The van der Waals surface area contributed by atoms with E-state index in [9.17, 15) is 0 Å². The molecule has 0 aromatic rings. The van der Waals surface area contributed by atoms with Crippen LogP contribution in [0.5, 0.6) is 0 Å². The van der Waals surface area contributed by atoms with Crippen molar-refractivity contribution in [2.75, 3.05) is 27.3 Å². The first-order chi connectivity index (χ1) is 16.2. The molecule has 0 spiro atoms. The van der Waals surface area contributed by atoms with E-state index in [0.717, 1.165) is 42.9 Å². The topological polar surface area (TPSA) is 109 Å². The summed E-state index contributed by atoms with van der Waals surface area (Å²) in [5, 5.41) is 8.03. The monoisotopic (exact) mass is 482 g/mol. The number of halogens is 1. The van der Waals surface area contributed by atoms with Crippen molar-refractivity contribution in [1.29, 1.82) is 5.41 Å². The van der Waals surface area contributed by atoms with E-state index in [2.05, 4.69) is 22.7 Å². The number of rotatable bonds is 6. The second kappa shape index (κ2) is 10.7. The maximum absolute atomic E-state index is 7.64. The largest absolute Gasteiger partial charge is 0.497 e. The lowest BCUT2D eigenvalue weighted by Gasteiger charge is -2.39. The molecular formula is C25H31ClN6O2. The first kappa shape index (κ1) is 25.3. The van der Waals surface area contributed by atoms with Crippen LogP contribution in [0.3, 0.4) is 0 Å². The lowest BCUT2D eigenvalue weighted by atomic mass is 9.81. The van der Waals surface area contributed by atoms with E-state index in [-0.39, 0.29) is 23.1 Å². The summed E-state index contributed by atoms with van der Waals surface area (Å²) in [5.41, 5.74) is 7.27. The molecule has 0 bridgehead atoms. The van der Waals surface area contributed by atoms with Gasteiger partial charge < -0.3 is 20.1 Å². The highest BCUT2D eigenvalue weighted by molar-refractivity contribution is 6.68. The molecule has 1 atom stereocenters. The Hall–Kier alpha value is -3.31. The molecule has 0 amide bonds. The lowest BCUT2D eigenvalue weighted by molar-refractivity contribution is 0.226. The number of aliphatic imine (C=N–C) groups is 3. The summed E-state index contributed by atoms with van der Waals surface area (Å²) in [6, 6.07) is -0.246. The zero-order valence-electron chi connectivity index (χ0n) is 20.1. The number of terminal acetylenes is 1. The molecule has 1 saturated heterocycles. The normalized spacial score (nSPS) is 22.6. The molecule has 0 radical (unpaired) electrons. The number of likely N-dealkylation sites (tertiary alicyclic amines) is 1. The van der Waals surface area contributed by atoms with Crippen LogP contribution in [0.4, 0.5) is 0 Å². The van der Waals surface area contributed by atoms with E-state index in [1.165, 1.54) is 7.11 Å². The number of fused-ring (bicyclic) bond motifs is 1. The number of nitrogens with two attached hydrogens (primary N) is 1. The Labute approximate surface area is 206 Å². The Kier molecular flexibility index (Phi) is 8.00. The van der Waals surface area contributed by atoms with Crippen LogP contribution in [0.1, 0.15) is 33.1 Å². The zero-order valence-corrected chi connectivity index (χ0v) is 20.8. The van der Waals surface area contributed by atoms with Crippen molar-refractivity contribution in [3.63, 3.8) is 0 Å². The first-order valence-electron chi connectivity index (χ1n) is 11.0. The van der Waals surface area contributed by atoms with Gasteiger partial charge in [0, 0.05) is 42.8 Å². The van der Waals surface area contributed by atoms with Gasteiger partial charge in [0.1, 0.15) is 28.6 Å². The molecular weight excluding hydrogens is 452 g/mol. The summed E-state index contributed by atoms with van der Waals surface area (Å²) < 4.78 is 10.7. The Morgan fingerprint density at radius 2 is 2.09 bits per heavy atom. The van der Waals surface area contributed by atoms with Gasteiger partial charge in [0.05, 0.1) is 14.2 Å². The standard InChI is InChI=1S/C25H31ClN6O2/c1-6-25(3)8-11-32(12-9-25)24-17-14-21(26)29-10-7-18(17)30-22(31-24)13-16(2)19(33-4)15-20(34-5)23(27)28/h1,7,10,14-15,18H,8-9,11-13H2,2-5H3,(H3,27,28)/b19-16+,20-15+. The van der Waals surface area contributed by atoms with Crippen molar-refractivity contribution < 1.29 is 9.47 Å². The molecule has 0 aromatic carbocycles. The van der Waals surface area contributed by atoms with Crippen LogP contribution in [-0.4, -0.2) is 60.9 Å². The molecule has 0 saturated carbocycles. The molecule has 3 N–H and O–H groups in total. The number of nitrogens with one attached hydrogen (secondary N) is 1. The third kappa shape index (κ3) is 5.78. The SMILES string of the molecule is C#CC1(C)CCN(C2=NC(C/C(C)=C(\C=C(\OC)C(=N)N)OC)=NC3C=CN=C(Cl)C=C23)CC1. The third-order valence-corrected chi connectivity index (χ3v) is 6.37. The quantitative estimate of drug-likeness (QED) is 0.197. The van der Waals surface area contributed by atoms with Gasteiger partial charge in [0.2, 0.25) is 0 Å². The minimum atomic E-state index is -0.246. The predicted molar refractivity (Wildman–Crippen MR) is 138 cm³/mol. The molecule has 3 aliphatic rings. The number of methoxy groups -OCH3 is 2. The smallest absolute Gasteiger partial charge is 0.163 e. The van der Waals surface area contributed by atoms with Crippen LogP contribution in [0, 0.1) is 23.2 Å². The van der Waals surface area contributed by atoms with Crippen LogP contribution < -0.4 is 5.73 Å². The van der Waals surface area contributed by atoms with E-state index >= 15 is 0 Å². The minimum absolute atomic E-state index is 0.103. The van der Waals surface area contributed by atoms with E-state index in [1.54, 1.807) is 19.4 Å².